The minimum Gasteiger partial charge on any atom is -0.346 e. The smallest absolute Gasteiger partial charge is 0.191 e. The van der Waals surface area contributed by atoms with Crippen molar-refractivity contribution < 1.29 is 0 Å². The molecule has 0 unspecified atom stereocenters. The number of nitrogens with zero attached hydrogens (tertiary/aromatic N) is 3. The van der Waals surface area contributed by atoms with Gasteiger partial charge in [0.2, 0.25) is 0 Å². The van der Waals surface area contributed by atoms with Crippen molar-refractivity contribution in [3.63, 3.8) is 0 Å². The Kier molecular flexibility index (Phi) is 3.23. The molecule has 0 radical (unpaired) electrons. The molecule has 0 amide bonds. The molecule has 0 spiro atoms. The fourth-order valence-electron chi connectivity index (χ4n) is 3.05. The topological polar surface area (TPSA) is 87.3 Å². The Bertz CT molecular complexity index is 1330. The quantitative estimate of drug-likeness (QED) is 0.500. The maximum atomic E-state index is 12.3. The van der Waals surface area contributed by atoms with Gasteiger partial charge in [-0.15, -0.1) is 11.3 Å². The Morgan fingerprint density at radius 2 is 2.04 bits per heavy atom. The summed E-state index contributed by atoms with van der Waals surface area (Å²) in [4.78, 5) is 32.1. The highest BCUT2D eigenvalue weighted by Crippen LogP contribution is 2.33. The molecule has 0 aliphatic carbocycles. The number of H-pyrrole nitrogens is 2. The van der Waals surface area contributed by atoms with Gasteiger partial charge in [0.15, 0.2) is 11.3 Å². The van der Waals surface area contributed by atoms with Gasteiger partial charge < -0.3 is 9.97 Å². The molecule has 0 aliphatic heterocycles. The van der Waals surface area contributed by atoms with Crippen LogP contribution in [0.25, 0.3) is 43.9 Å². The molecule has 126 valence electrons. The molecule has 2 N–H and O–H groups in total. The van der Waals surface area contributed by atoms with Crippen molar-refractivity contribution >= 4 is 32.6 Å². The summed E-state index contributed by atoms with van der Waals surface area (Å²) in [6.07, 6.45) is 3.38. The number of nitrogens with one attached hydrogen (secondary N) is 2. The zero-order valence-electron chi connectivity index (χ0n) is 13.8. The van der Waals surface area contributed by atoms with Gasteiger partial charge in [0.25, 0.3) is 0 Å². The highest BCUT2D eigenvalue weighted by Gasteiger charge is 2.16. The summed E-state index contributed by atoms with van der Waals surface area (Å²) in [5.41, 5.74) is 6.76. The fourth-order valence-corrected chi connectivity index (χ4v) is 3.77. The summed E-state index contributed by atoms with van der Waals surface area (Å²) in [5.74, 6) is 0.675. The Balaban J connectivity index is 1.86. The standard InChI is InChI=1S/C19H13N5OS/c1-10-8-21-19(23-10)17-12(7-13-15(25)4-5-20-18(13)24-17)11-2-3-14-16(6-11)26-9-22-14/h2-9H,1H3,(H,21,23)(H,20,24,25). The predicted molar refractivity (Wildman–Crippen MR) is 103 cm³/mol. The molecule has 4 heterocycles. The van der Waals surface area contributed by atoms with Crippen LogP contribution in [0.1, 0.15) is 5.69 Å². The van der Waals surface area contributed by atoms with E-state index in [0.29, 0.717) is 22.6 Å². The molecular weight excluding hydrogens is 346 g/mol. The number of imidazole rings is 1. The molecule has 26 heavy (non-hydrogen) atoms. The lowest BCUT2D eigenvalue weighted by Crippen LogP contribution is -2.03. The van der Waals surface area contributed by atoms with Gasteiger partial charge in [0.1, 0.15) is 11.3 Å². The van der Waals surface area contributed by atoms with Crippen LogP contribution in [0.15, 0.2) is 53.0 Å². The van der Waals surface area contributed by atoms with E-state index in [9.17, 15) is 4.79 Å². The molecule has 0 aliphatic rings. The second kappa shape index (κ2) is 5.60. The second-order valence-corrected chi connectivity index (χ2v) is 6.96. The lowest BCUT2D eigenvalue weighted by molar-refractivity contribution is 1.20. The first-order valence-electron chi connectivity index (χ1n) is 8.07. The van der Waals surface area contributed by atoms with Gasteiger partial charge in [-0.2, -0.15) is 0 Å². The summed E-state index contributed by atoms with van der Waals surface area (Å²) in [6, 6.07) is 9.46. The minimum atomic E-state index is -0.0615. The largest absolute Gasteiger partial charge is 0.346 e. The third-order valence-electron chi connectivity index (χ3n) is 4.31. The van der Waals surface area contributed by atoms with E-state index in [0.717, 1.165) is 27.0 Å². The number of aryl methyl sites for hydroxylation is 1. The third kappa shape index (κ3) is 2.33. The molecule has 7 heteroatoms. The summed E-state index contributed by atoms with van der Waals surface area (Å²) < 4.78 is 1.09. The number of hydrogen-bond donors (Lipinski definition) is 2. The zero-order valence-corrected chi connectivity index (χ0v) is 14.6. The van der Waals surface area contributed by atoms with Gasteiger partial charge in [-0.1, -0.05) is 6.07 Å². The van der Waals surface area contributed by atoms with E-state index in [1.807, 2.05) is 30.6 Å². The number of pyridine rings is 2. The van der Waals surface area contributed by atoms with Gasteiger partial charge in [-0.05, 0) is 30.7 Å². The first kappa shape index (κ1) is 15.0. The summed E-state index contributed by atoms with van der Waals surface area (Å²) in [6.45, 7) is 1.95. The number of fused-ring (bicyclic) bond motifs is 2. The van der Waals surface area contributed by atoms with Crippen LogP contribution in [0.3, 0.4) is 0 Å². The summed E-state index contributed by atoms with van der Waals surface area (Å²) in [7, 11) is 0. The van der Waals surface area contributed by atoms with E-state index < -0.39 is 0 Å². The van der Waals surface area contributed by atoms with E-state index in [4.69, 9.17) is 4.98 Å². The monoisotopic (exact) mass is 359 g/mol. The average molecular weight is 359 g/mol. The van der Waals surface area contributed by atoms with Gasteiger partial charge in [-0.25, -0.2) is 15.0 Å². The van der Waals surface area contributed by atoms with E-state index in [1.54, 1.807) is 23.7 Å². The predicted octanol–water partition coefficient (Wildman–Crippen LogP) is 3.90. The van der Waals surface area contributed by atoms with Crippen molar-refractivity contribution in [2.45, 2.75) is 6.92 Å². The normalized spacial score (nSPS) is 11.4. The van der Waals surface area contributed by atoms with Gasteiger partial charge in [0.05, 0.1) is 21.1 Å². The van der Waals surface area contributed by atoms with Crippen LogP contribution in [0.2, 0.25) is 0 Å². The maximum absolute atomic E-state index is 12.3. The minimum absolute atomic E-state index is 0.0615. The van der Waals surface area contributed by atoms with Crippen molar-refractivity contribution in [3.8, 4) is 22.6 Å². The van der Waals surface area contributed by atoms with Crippen molar-refractivity contribution in [1.82, 2.24) is 24.9 Å². The van der Waals surface area contributed by atoms with Crippen LogP contribution in [-0.2, 0) is 0 Å². The van der Waals surface area contributed by atoms with Crippen LogP contribution in [-0.4, -0.2) is 24.9 Å². The SMILES string of the molecule is Cc1cnc(-c2nc3[nH]ccc(=O)c3cc2-c2ccc3ncsc3c2)[nH]1. The molecular formula is C19H13N5OS. The van der Waals surface area contributed by atoms with E-state index >= 15 is 0 Å². The lowest BCUT2D eigenvalue weighted by atomic mass is 10.0. The fraction of sp³-hybridized carbons (Fsp3) is 0.0526. The highest BCUT2D eigenvalue weighted by atomic mass is 32.1. The van der Waals surface area contributed by atoms with Crippen molar-refractivity contribution in [3.05, 3.63) is 64.2 Å². The molecule has 0 bridgehead atoms. The van der Waals surface area contributed by atoms with Crippen molar-refractivity contribution in [2.75, 3.05) is 0 Å². The van der Waals surface area contributed by atoms with E-state index in [1.165, 1.54) is 6.07 Å². The van der Waals surface area contributed by atoms with E-state index in [2.05, 4.69) is 26.0 Å². The van der Waals surface area contributed by atoms with Crippen LogP contribution in [0.4, 0.5) is 0 Å². The molecule has 1 aromatic carbocycles. The summed E-state index contributed by atoms with van der Waals surface area (Å²) >= 11 is 1.59. The molecule has 0 saturated carbocycles. The van der Waals surface area contributed by atoms with Crippen LogP contribution in [0.5, 0.6) is 0 Å². The maximum Gasteiger partial charge on any atom is 0.191 e. The molecule has 0 atom stereocenters. The Morgan fingerprint density at radius 1 is 1.12 bits per heavy atom. The average Bonchev–Trinajstić information content (AvgIpc) is 3.29. The molecule has 5 rings (SSSR count). The Labute approximate surface area is 151 Å². The zero-order chi connectivity index (χ0) is 17.7. The number of thiazole rings is 1. The molecule has 5 aromatic rings. The number of aromatic nitrogens is 5. The van der Waals surface area contributed by atoms with E-state index in [-0.39, 0.29) is 5.43 Å². The Morgan fingerprint density at radius 3 is 2.88 bits per heavy atom. The first-order valence-corrected chi connectivity index (χ1v) is 8.95. The van der Waals surface area contributed by atoms with Gasteiger partial charge >= 0.3 is 0 Å². The third-order valence-corrected chi connectivity index (χ3v) is 5.10. The highest BCUT2D eigenvalue weighted by molar-refractivity contribution is 7.16. The molecule has 0 saturated heterocycles. The number of rotatable bonds is 2. The van der Waals surface area contributed by atoms with Crippen LogP contribution >= 0.6 is 11.3 Å². The van der Waals surface area contributed by atoms with Crippen LogP contribution in [0, 0.1) is 6.92 Å². The van der Waals surface area contributed by atoms with Crippen molar-refractivity contribution in [1.29, 1.82) is 0 Å². The summed E-state index contributed by atoms with van der Waals surface area (Å²) in [5, 5.41) is 0.555. The second-order valence-electron chi connectivity index (χ2n) is 6.07. The number of hydrogen-bond acceptors (Lipinski definition) is 5. The number of aromatic amines is 2. The lowest BCUT2D eigenvalue weighted by Gasteiger charge is -2.09. The van der Waals surface area contributed by atoms with Gasteiger partial charge in [0, 0.05) is 29.7 Å². The molecule has 0 fully saturated rings. The van der Waals surface area contributed by atoms with Gasteiger partial charge in [-0.3, -0.25) is 4.79 Å². The number of benzene rings is 1. The molecule has 4 aromatic heterocycles. The molecule has 6 nitrogen and oxygen atoms in total. The van der Waals surface area contributed by atoms with Crippen molar-refractivity contribution in [2.24, 2.45) is 0 Å². The first-order chi connectivity index (χ1) is 12.7. The Hall–Kier alpha value is -3.32. The van der Waals surface area contributed by atoms with Crippen LogP contribution < -0.4 is 5.43 Å².